The van der Waals surface area contributed by atoms with Gasteiger partial charge in [-0.25, -0.2) is 4.79 Å². The maximum absolute atomic E-state index is 12.0. The molecule has 5 nitrogen and oxygen atoms in total. The van der Waals surface area contributed by atoms with Crippen LogP contribution in [0.25, 0.3) is 0 Å². The first-order valence-electron chi connectivity index (χ1n) is 20.1. The van der Waals surface area contributed by atoms with E-state index in [2.05, 4.69) is 13.8 Å². The van der Waals surface area contributed by atoms with E-state index in [1.165, 1.54) is 154 Å². The van der Waals surface area contributed by atoms with Crippen molar-refractivity contribution >= 4 is 11.9 Å². The van der Waals surface area contributed by atoms with Gasteiger partial charge >= 0.3 is 11.9 Å². The predicted molar refractivity (Wildman–Crippen MR) is 192 cm³/mol. The SMILES string of the molecule is CCCCCCCCCCCCCCCCCCC(C(=O)O)C(O)(CCCCCCCCCCCCCCCCCC)C(=O)O. The molecular weight excluding hydrogens is 560 g/mol. The van der Waals surface area contributed by atoms with Crippen LogP contribution in [0.2, 0.25) is 0 Å². The van der Waals surface area contributed by atoms with E-state index in [4.69, 9.17) is 0 Å². The first-order valence-corrected chi connectivity index (χ1v) is 20.1. The van der Waals surface area contributed by atoms with Crippen molar-refractivity contribution in [2.24, 2.45) is 5.92 Å². The molecule has 0 rings (SSSR count). The minimum absolute atomic E-state index is 0.0244. The van der Waals surface area contributed by atoms with Crippen molar-refractivity contribution in [3.63, 3.8) is 0 Å². The molecule has 0 bridgehead atoms. The highest BCUT2D eigenvalue weighted by Crippen LogP contribution is 2.30. The molecule has 45 heavy (non-hydrogen) atoms. The molecule has 0 aliphatic carbocycles. The highest BCUT2D eigenvalue weighted by Gasteiger charge is 2.47. The van der Waals surface area contributed by atoms with Gasteiger partial charge in [-0.3, -0.25) is 4.79 Å². The highest BCUT2D eigenvalue weighted by molar-refractivity contribution is 5.85. The van der Waals surface area contributed by atoms with Crippen molar-refractivity contribution in [1.29, 1.82) is 0 Å². The van der Waals surface area contributed by atoms with Crippen molar-refractivity contribution in [2.75, 3.05) is 0 Å². The van der Waals surface area contributed by atoms with E-state index < -0.39 is 23.5 Å². The van der Waals surface area contributed by atoms with Crippen molar-refractivity contribution in [3.05, 3.63) is 0 Å². The summed E-state index contributed by atoms with van der Waals surface area (Å²) in [5.74, 6) is -3.80. The van der Waals surface area contributed by atoms with Crippen LogP contribution in [-0.4, -0.2) is 32.9 Å². The lowest BCUT2D eigenvalue weighted by atomic mass is 9.79. The van der Waals surface area contributed by atoms with E-state index in [0.717, 1.165) is 38.5 Å². The summed E-state index contributed by atoms with van der Waals surface area (Å²) in [6, 6.07) is 0. The van der Waals surface area contributed by atoms with Gasteiger partial charge in [-0.1, -0.05) is 213 Å². The second kappa shape index (κ2) is 32.8. The molecule has 0 amide bonds. The van der Waals surface area contributed by atoms with Crippen LogP contribution in [0, 0.1) is 5.92 Å². The van der Waals surface area contributed by atoms with Crippen LogP contribution in [0.4, 0.5) is 0 Å². The molecule has 0 radical (unpaired) electrons. The van der Waals surface area contributed by atoms with Crippen LogP contribution in [0.1, 0.15) is 232 Å². The van der Waals surface area contributed by atoms with Gasteiger partial charge in [-0.05, 0) is 19.3 Å². The molecule has 0 spiro atoms. The van der Waals surface area contributed by atoms with E-state index in [0.29, 0.717) is 12.8 Å². The monoisotopic (exact) mass is 639 g/mol. The molecule has 0 aromatic rings. The van der Waals surface area contributed by atoms with Gasteiger partial charge in [0.1, 0.15) is 0 Å². The van der Waals surface area contributed by atoms with Gasteiger partial charge in [0.2, 0.25) is 0 Å². The number of hydrogen-bond acceptors (Lipinski definition) is 3. The Morgan fingerprint density at radius 2 is 0.667 bits per heavy atom. The summed E-state index contributed by atoms with van der Waals surface area (Å²) in [7, 11) is 0. The van der Waals surface area contributed by atoms with Crippen molar-refractivity contribution < 1.29 is 24.9 Å². The molecule has 3 N–H and O–H groups in total. The summed E-state index contributed by atoms with van der Waals surface area (Å²) in [6.07, 6.45) is 39.8. The zero-order valence-corrected chi connectivity index (χ0v) is 30.3. The van der Waals surface area contributed by atoms with Gasteiger partial charge < -0.3 is 15.3 Å². The second-order valence-corrected chi connectivity index (χ2v) is 14.3. The number of carboxylic acid groups (broad SMARTS) is 2. The maximum Gasteiger partial charge on any atom is 0.336 e. The number of carbonyl (C=O) groups is 2. The average molecular weight is 639 g/mol. The quantitative estimate of drug-likeness (QED) is 0.0588. The number of unbranched alkanes of at least 4 members (excludes halogenated alkanes) is 30. The van der Waals surface area contributed by atoms with Gasteiger partial charge in [0.25, 0.3) is 0 Å². The molecular formula is C40H78O5. The Labute approximate surface area is 280 Å². The van der Waals surface area contributed by atoms with Crippen LogP contribution in [-0.2, 0) is 9.59 Å². The smallest absolute Gasteiger partial charge is 0.336 e. The van der Waals surface area contributed by atoms with Gasteiger partial charge in [0.05, 0.1) is 5.92 Å². The number of carboxylic acids is 2. The minimum Gasteiger partial charge on any atom is -0.481 e. The van der Waals surface area contributed by atoms with Crippen LogP contribution in [0.3, 0.4) is 0 Å². The molecule has 2 unspecified atom stereocenters. The summed E-state index contributed by atoms with van der Waals surface area (Å²) >= 11 is 0. The third-order valence-electron chi connectivity index (χ3n) is 10.0. The highest BCUT2D eigenvalue weighted by atomic mass is 16.4. The van der Waals surface area contributed by atoms with Gasteiger partial charge in [-0.15, -0.1) is 0 Å². The fourth-order valence-corrected chi connectivity index (χ4v) is 6.84. The van der Waals surface area contributed by atoms with E-state index in [1.807, 2.05) is 0 Å². The van der Waals surface area contributed by atoms with Crippen LogP contribution in [0.15, 0.2) is 0 Å². The first-order chi connectivity index (χ1) is 21.9. The first kappa shape index (κ1) is 43.9. The molecule has 0 fully saturated rings. The molecule has 0 aromatic carbocycles. The third kappa shape index (κ3) is 26.6. The largest absolute Gasteiger partial charge is 0.481 e. The molecule has 0 heterocycles. The van der Waals surface area contributed by atoms with Gasteiger partial charge in [-0.2, -0.15) is 0 Å². The third-order valence-corrected chi connectivity index (χ3v) is 10.0. The van der Waals surface area contributed by atoms with Gasteiger partial charge in [0.15, 0.2) is 5.60 Å². The summed E-state index contributed by atoms with van der Waals surface area (Å²) in [5, 5.41) is 30.6. The van der Waals surface area contributed by atoms with E-state index >= 15 is 0 Å². The molecule has 0 saturated heterocycles. The summed E-state index contributed by atoms with van der Waals surface area (Å²) in [4.78, 5) is 24.0. The van der Waals surface area contributed by atoms with Crippen LogP contribution < -0.4 is 0 Å². The Morgan fingerprint density at radius 1 is 0.422 bits per heavy atom. The lowest BCUT2D eigenvalue weighted by Crippen LogP contribution is -2.49. The number of aliphatic carboxylic acids is 2. The van der Waals surface area contributed by atoms with E-state index in [9.17, 15) is 24.9 Å². The number of aliphatic hydroxyl groups is 1. The Bertz CT molecular complexity index is 651. The normalized spacial score (nSPS) is 13.6. The van der Waals surface area contributed by atoms with Gasteiger partial charge in [0, 0.05) is 0 Å². The lowest BCUT2D eigenvalue weighted by Gasteiger charge is -2.30. The lowest BCUT2D eigenvalue weighted by molar-refractivity contribution is -0.176. The minimum atomic E-state index is -2.17. The Morgan fingerprint density at radius 3 is 0.911 bits per heavy atom. The Balaban J connectivity index is 3.89. The van der Waals surface area contributed by atoms with Crippen molar-refractivity contribution in [2.45, 2.75) is 238 Å². The predicted octanol–water partition coefficient (Wildman–Crippen LogP) is 12.8. The fraction of sp³-hybridized carbons (Fsp3) is 0.950. The molecule has 268 valence electrons. The van der Waals surface area contributed by atoms with E-state index in [1.54, 1.807) is 0 Å². The summed E-state index contributed by atoms with van der Waals surface area (Å²) < 4.78 is 0. The zero-order chi connectivity index (χ0) is 33.3. The molecule has 0 aromatic heterocycles. The summed E-state index contributed by atoms with van der Waals surface area (Å²) in [6.45, 7) is 4.53. The number of hydrogen-bond donors (Lipinski definition) is 3. The Kier molecular flexibility index (Phi) is 32.0. The van der Waals surface area contributed by atoms with Crippen LogP contribution >= 0.6 is 0 Å². The Hall–Kier alpha value is -1.10. The van der Waals surface area contributed by atoms with Crippen molar-refractivity contribution in [3.8, 4) is 0 Å². The molecule has 5 heteroatoms. The zero-order valence-electron chi connectivity index (χ0n) is 30.3. The number of rotatable bonds is 37. The fourth-order valence-electron chi connectivity index (χ4n) is 6.84. The molecule has 0 aliphatic rings. The van der Waals surface area contributed by atoms with E-state index in [-0.39, 0.29) is 12.8 Å². The second-order valence-electron chi connectivity index (χ2n) is 14.3. The van der Waals surface area contributed by atoms with Crippen LogP contribution in [0.5, 0.6) is 0 Å². The maximum atomic E-state index is 12.0. The molecule has 0 saturated carbocycles. The topological polar surface area (TPSA) is 94.8 Å². The molecule has 2 atom stereocenters. The average Bonchev–Trinajstić information content (AvgIpc) is 3.02. The molecule has 0 aliphatic heterocycles. The van der Waals surface area contributed by atoms with Crippen molar-refractivity contribution in [1.82, 2.24) is 0 Å². The standard InChI is InChI=1S/C40H78O5/c1-3-5-7-9-11-13-15-17-19-21-23-25-27-29-31-33-35-37(38(41)42)40(45,39(43)44)36-34-32-30-28-26-24-22-20-18-16-14-12-10-8-6-4-2/h37,45H,3-36H2,1-2H3,(H,41,42)(H,43,44). The summed E-state index contributed by atoms with van der Waals surface area (Å²) in [5.41, 5.74) is -2.17.